The molecule has 2 fully saturated rings. The predicted octanol–water partition coefficient (Wildman–Crippen LogP) is -0.643. The normalized spacial score (nSPS) is 33.8. The van der Waals surface area contributed by atoms with Crippen LogP contribution in [0.1, 0.15) is 42.1 Å². The Morgan fingerprint density at radius 3 is 2.36 bits per heavy atom. The third-order valence-electron chi connectivity index (χ3n) is 8.16. The fourth-order valence-electron chi connectivity index (χ4n) is 6.43. The van der Waals surface area contributed by atoms with Crippen LogP contribution in [-0.4, -0.2) is 93.8 Å². The van der Waals surface area contributed by atoms with Crippen molar-refractivity contribution >= 4 is 40.8 Å². The number of fused-ring (bicyclic) bond motifs is 3. The van der Waals surface area contributed by atoms with Gasteiger partial charge in [-0.1, -0.05) is 19.9 Å². The van der Waals surface area contributed by atoms with Crippen LogP contribution in [0.3, 0.4) is 0 Å². The number of carbonyl (C=O) groups is 6. The zero-order chi connectivity index (χ0) is 29.1. The van der Waals surface area contributed by atoms with Crippen LogP contribution in [0.25, 0.3) is 0 Å². The lowest BCUT2D eigenvalue weighted by Gasteiger charge is -2.56. The molecule has 0 aliphatic heterocycles. The van der Waals surface area contributed by atoms with Gasteiger partial charge in [-0.15, -0.1) is 0 Å². The Labute approximate surface area is 223 Å². The summed E-state index contributed by atoms with van der Waals surface area (Å²) in [7, 11) is 2.84. The number of aliphatic hydroxyl groups excluding tert-OH is 1. The second kappa shape index (κ2) is 9.81. The number of Topliss-reactive ketones (excluding diaryl/α,β-unsaturated/α-hetero) is 4. The van der Waals surface area contributed by atoms with Gasteiger partial charge in [-0.3, -0.25) is 34.2 Å². The Kier molecular flexibility index (Phi) is 7.13. The number of amides is 2. The van der Waals surface area contributed by atoms with E-state index in [1.54, 1.807) is 13.8 Å². The van der Waals surface area contributed by atoms with Gasteiger partial charge in [0, 0.05) is 5.92 Å². The minimum Gasteiger partial charge on any atom is -0.505 e. The minimum absolute atomic E-state index is 0.111. The molecule has 0 aromatic heterocycles. The molecule has 13 heteroatoms. The fraction of sp³-hybridized carbons (Fsp3) is 0.538. The lowest BCUT2D eigenvalue weighted by atomic mass is 9.49. The fourth-order valence-corrected chi connectivity index (χ4v) is 6.43. The lowest BCUT2D eigenvalue weighted by molar-refractivity contribution is -0.196. The van der Waals surface area contributed by atoms with E-state index < -0.39 is 88.2 Å². The zero-order valence-electron chi connectivity index (χ0n) is 21.8. The Balaban J connectivity index is 1.85. The minimum atomic E-state index is -3.08. The largest absolute Gasteiger partial charge is 0.505 e. The van der Waals surface area contributed by atoms with E-state index in [1.807, 2.05) is 0 Å². The molecule has 2 unspecified atom stereocenters. The lowest BCUT2D eigenvalue weighted by Crippen LogP contribution is -2.77. The van der Waals surface area contributed by atoms with Crippen molar-refractivity contribution in [2.75, 3.05) is 26.0 Å². The Morgan fingerprint density at radius 2 is 1.79 bits per heavy atom. The number of aliphatic hydroxyl groups is 2. The third-order valence-corrected chi connectivity index (χ3v) is 8.16. The number of phenols is 1. The number of phenolic OH excluding ortho intramolecular Hbond substituents is 1. The molecule has 2 saturated carbocycles. The number of nitrogens with zero attached hydrogens (tertiary/aromatic N) is 1. The van der Waals surface area contributed by atoms with Crippen LogP contribution in [0, 0.1) is 23.7 Å². The van der Waals surface area contributed by atoms with Crippen LogP contribution < -0.4 is 11.1 Å². The molecule has 0 spiro atoms. The van der Waals surface area contributed by atoms with Gasteiger partial charge in [-0.2, -0.15) is 0 Å². The topological polar surface area (TPSA) is 214 Å². The number of anilines is 1. The van der Waals surface area contributed by atoms with Crippen molar-refractivity contribution < 1.29 is 48.8 Å². The summed E-state index contributed by atoms with van der Waals surface area (Å²) in [5.41, 5.74) is 1.98. The van der Waals surface area contributed by atoms with Crippen molar-refractivity contribution in [1.82, 2.24) is 4.90 Å². The highest BCUT2D eigenvalue weighted by molar-refractivity contribution is 6.32. The molecular weight excluding hydrogens is 514 g/mol. The summed E-state index contributed by atoms with van der Waals surface area (Å²) in [6.07, 6.45) is -2.05. The third kappa shape index (κ3) is 3.95. The van der Waals surface area contributed by atoms with Crippen LogP contribution in [-0.2, 0) is 23.9 Å². The van der Waals surface area contributed by atoms with Crippen molar-refractivity contribution in [3.63, 3.8) is 0 Å². The quantitative estimate of drug-likeness (QED) is 0.232. The molecular formula is C26H31N3O10. The number of hydrogen-bond donors (Lipinski definition) is 5. The summed E-state index contributed by atoms with van der Waals surface area (Å²) in [6.45, 7) is 3.49. The maximum Gasteiger partial charge on any atom is 0.411 e. The monoisotopic (exact) mass is 545 g/mol. The van der Waals surface area contributed by atoms with Crippen LogP contribution in [0.15, 0.2) is 12.1 Å². The van der Waals surface area contributed by atoms with Gasteiger partial charge in [0.25, 0.3) is 0 Å². The van der Waals surface area contributed by atoms with E-state index in [4.69, 9.17) is 10.5 Å². The van der Waals surface area contributed by atoms with E-state index in [0.717, 1.165) is 0 Å². The van der Waals surface area contributed by atoms with Crippen molar-refractivity contribution in [2.24, 2.45) is 29.4 Å². The number of nitrogens with two attached hydrogens (primary N) is 1. The number of primary amides is 1. The van der Waals surface area contributed by atoms with Gasteiger partial charge in [0.05, 0.1) is 41.8 Å². The van der Waals surface area contributed by atoms with E-state index in [9.17, 15) is 44.1 Å². The van der Waals surface area contributed by atoms with E-state index in [1.165, 1.54) is 31.1 Å². The van der Waals surface area contributed by atoms with Crippen LogP contribution in [0.2, 0.25) is 0 Å². The SMILES string of the molecule is CCCOC(=O)Nc1ccc2c(c1O)C(=O)C1C(=O)[C@@]3(O)C(=O)C(C(N)=O)C(=O)[C@H](N(C)C)[C@H]3[C@H](O)[C@H]1[C@@H]2C. The summed E-state index contributed by atoms with van der Waals surface area (Å²) in [5, 5.41) is 36.5. The number of rotatable bonds is 5. The molecule has 0 bridgehead atoms. The maximum atomic E-state index is 13.9. The standard InChI is InChI=1S/C26H31N3O10/c1-5-8-39-25(37)28-11-7-6-10-9(2)12-14(19(31)13(10)18(11)30)22(34)26(38)16(20(12)32)17(29(3)4)21(33)15(23(26)35)24(27)36/h6-7,9,12,14-17,20,30,32,38H,5,8H2,1-4H3,(H2,27,36)(H,28,37)/t9-,12+,14?,15?,16+,17-,20-,26-/m1/s1. The van der Waals surface area contributed by atoms with Gasteiger partial charge >= 0.3 is 6.09 Å². The van der Waals surface area contributed by atoms with E-state index >= 15 is 0 Å². The van der Waals surface area contributed by atoms with E-state index in [2.05, 4.69) is 5.32 Å². The highest BCUT2D eigenvalue weighted by Crippen LogP contribution is 2.55. The van der Waals surface area contributed by atoms with Crippen molar-refractivity contribution in [1.29, 1.82) is 0 Å². The van der Waals surface area contributed by atoms with Gasteiger partial charge in [0.15, 0.2) is 34.7 Å². The van der Waals surface area contributed by atoms with E-state index in [0.29, 0.717) is 6.42 Å². The molecule has 0 radical (unpaired) electrons. The highest BCUT2D eigenvalue weighted by Gasteiger charge is 2.72. The molecule has 1 aromatic rings. The summed E-state index contributed by atoms with van der Waals surface area (Å²) < 4.78 is 4.94. The number of aromatic hydroxyl groups is 1. The number of carbonyl (C=O) groups excluding carboxylic acids is 6. The first-order valence-corrected chi connectivity index (χ1v) is 12.5. The van der Waals surface area contributed by atoms with Gasteiger partial charge in [-0.25, -0.2) is 4.79 Å². The number of ether oxygens (including phenoxy) is 1. The molecule has 3 aliphatic rings. The van der Waals surface area contributed by atoms with Gasteiger partial charge in [0.2, 0.25) is 5.91 Å². The number of nitrogens with one attached hydrogen (secondary N) is 1. The summed E-state index contributed by atoms with van der Waals surface area (Å²) in [4.78, 5) is 79.6. The molecule has 3 aliphatic carbocycles. The predicted molar refractivity (Wildman–Crippen MR) is 133 cm³/mol. The first kappa shape index (κ1) is 28.3. The van der Waals surface area contributed by atoms with Crippen LogP contribution >= 0.6 is 0 Å². The Hall–Kier alpha value is -3.68. The molecule has 4 rings (SSSR count). The zero-order valence-corrected chi connectivity index (χ0v) is 21.8. The van der Waals surface area contributed by atoms with Crippen LogP contribution in [0.4, 0.5) is 10.5 Å². The molecule has 2 amide bonds. The first-order valence-electron chi connectivity index (χ1n) is 12.5. The van der Waals surface area contributed by atoms with Gasteiger partial charge < -0.3 is 25.8 Å². The highest BCUT2D eigenvalue weighted by atomic mass is 16.5. The van der Waals surface area contributed by atoms with Crippen molar-refractivity contribution in [2.45, 2.75) is 43.9 Å². The molecule has 6 N–H and O–H groups in total. The average Bonchev–Trinajstić information content (AvgIpc) is 2.85. The Morgan fingerprint density at radius 1 is 1.15 bits per heavy atom. The number of hydrogen-bond acceptors (Lipinski definition) is 11. The molecule has 39 heavy (non-hydrogen) atoms. The Bertz CT molecular complexity index is 1290. The molecule has 13 nitrogen and oxygen atoms in total. The summed E-state index contributed by atoms with van der Waals surface area (Å²) >= 11 is 0. The van der Waals surface area contributed by atoms with Crippen molar-refractivity contribution in [3.8, 4) is 5.75 Å². The number of benzene rings is 1. The molecule has 210 valence electrons. The second-order valence-corrected chi connectivity index (χ2v) is 10.6. The van der Waals surface area contributed by atoms with Gasteiger partial charge in [0.1, 0.15) is 5.75 Å². The molecule has 8 atom stereocenters. The molecule has 0 heterocycles. The molecule has 0 saturated heterocycles. The smallest absolute Gasteiger partial charge is 0.411 e. The second-order valence-electron chi connectivity index (χ2n) is 10.6. The summed E-state index contributed by atoms with van der Waals surface area (Å²) in [6, 6.07) is 1.35. The van der Waals surface area contributed by atoms with Crippen LogP contribution in [0.5, 0.6) is 5.75 Å². The summed E-state index contributed by atoms with van der Waals surface area (Å²) in [5.74, 6) is -14.4. The average molecular weight is 546 g/mol. The maximum absolute atomic E-state index is 13.9. The first-order chi connectivity index (χ1) is 18.2. The van der Waals surface area contributed by atoms with Gasteiger partial charge in [-0.05, 0) is 38.1 Å². The molecule has 1 aromatic carbocycles. The van der Waals surface area contributed by atoms with Crippen molar-refractivity contribution in [3.05, 3.63) is 23.3 Å². The van der Waals surface area contributed by atoms with E-state index in [-0.39, 0.29) is 23.4 Å². The number of ketones is 4. The number of likely N-dealkylation sites (N-methyl/N-ethyl adjacent to an activating group) is 1.